The molecule has 2 aromatic rings. The molecule has 0 aromatic heterocycles. The van der Waals surface area contributed by atoms with E-state index in [0.29, 0.717) is 29.5 Å². The second-order valence-electron chi connectivity index (χ2n) is 6.51. The van der Waals surface area contributed by atoms with Gasteiger partial charge >= 0.3 is 0 Å². The van der Waals surface area contributed by atoms with E-state index in [0.717, 1.165) is 6.42 Å². The maximum Gasteiger partial charge on any atom is 0.269 e. The summed E-state index contributed by atoms with van der Waals surface area (Å²) in [7, 11) is 1.48. The van der Waals surface area contributed by atoms with Gasteiger partial charge in [-0.25, -0.2) is 0 Å². The number of rotatable bonds is 7. The van der Waals surface area contributed by atoms with Gasteiger partial charge in [-0.1, -0.05) is 19.1 Å². The molecule has 1 heterocycles. The molecule has 1 aliphatic heterocycles. The van der Waals surface area contributed by atoms with E-state index in [1.807, 2.05) is 6.92 Å². The quantitative estimate of drug-likeness (QED) is 0.599. The Kier molecular flexibility index (Phi) is 6.74. The highest BCUT2D eigenvalue weighted by Gasteiger charge is 2.29. The molecule has 3 N–H and O–H groups in total. The molecule has 0 radical (unpaired) electrons. The van der Waals surface area contributed by atoms with E-state index in [2.05, 4.69) is 16.2 Å². The van der Waals surface area contributed by atoms with E-state index in [1.165, 1.54) is 13.2 Å². The molecule has 0 saturated carbocycles. The fourth-order valence-corrected chi connectivity index (χ4v) is 2.79. The zero-order valence-corrected chi connectivity index (χ0v) is 16.7. The van der Waals surface area contributed by atoms with E-state index in [-0.39, 0.29) is 12.0 Å². The zero-order valence-electron chi connectivity index (χ0n) is 16.7. The van der Waals surface area contributed by atoms with Gasteiger partial charge in [0.25, 0.3) is 11.8 Å². The van der Waals surface area contributed by atoms with Gasteiger partial charge in [-0.05, 0) is 36.8 Å². The van der Waals surface area contributed by atoms with E-state index in [1.54, 1.807) is 36.4 Å². The summed E-state index contributed by atoms with van der Waals surface area (Å²) in [5.41, 5.74) is 5.43. The van der Waals surface area contributed by atoms with Crippen LogP contribution in [0.1, 0.15) is 30.1 Å². The molecule has 0 bridgehead atoms. The van der Waals surface area contributed by atoms with Crippen molar-refractivity contribution in [2.45, 2.75) is 25.9 Å². The van der Waals surface area contributed by atoms with Gasteiger partial charge in [-0.15, -0.1) is 0 Å². The average Bonchev–Trinajstić information content (AvgIpc) is 2.76. The fraction of sp³-hybridized carbons (Fsp3) is 0.286. The molecule has 0 spiro atoms. The molecule has 3 rings (SSSR count). The largest absolute Gasteiger partial charge is 0.493 e. The number of carbonyl (C=O) groups excluding carboxylic acids is 3. The summed E-state index contributed by atoms with van der Waals surface area (Å²) in [4.78, 5) is 36.6. The fourth-order valence-electron chi connectivity index (χ4n) is 2.79. The normalized spacial score (nSPS) is 14.6. The summed E-state index contributed by atoms with van der Waals surface area (Å²) >= 11 is 0. The third-order valence-corrected chi connectivity index (χ3v) is 4.28. The number of benzene rings is 2. The van der Waals surface area contributed by atoms with E-state index in [4.69, 9.17) is 14.2 Å². The SMILES string of the molecule is CCCOc1ccc(C(=O)NNC(=O)C[C@H]2Oc3ccccc3NC2=O)cc1OC. The molecular weight excluding hydrogens is 390 g/mol. The van der Waals surface area contributed by atoms with Crippen molar-refractivity contribution in [3.05, 3.63) is 48.0 Å². The van der Waals surface area contributed by atoms with Crippen molar-refractivity contribution >= 4 is 23.4 Å². The summed E-state index contributed by atoms with van der Waals surface area (Å²) in [5, 5.41) is 2.68. The number of carbonyl (C=O) groups is 3. The Balaban J connectivity index is 1.54. The minimum atomic E-state index is -0.994. The molecule has 3 amide bonds. The van der Waals surface area contributed by atoms with Crippen LogP contribution in [0, 0.1) is 0 Å². The number of anilines is 1. The monoisotopic (exact) mass is 413 g/mol. The predicted molar refractivity (Wildman–Crippen MR) is 108 cm³/mol. The first-order chi connectivity index (χ1) is 14.5. The van der Waals surface area contributed by atoms with Crippen molar-refractivity contribution in [3.63, 3.8) is 0 Å². The number of methoxy groups -OCH3 is 1. The van der Waals surface area contributed by atoms with Gasteiger partial charge in [0, 0.05) is 5.56 Å². The highest BCUT2D eigenvalue weighted by Crippen LogP contribution is 2.30. The van der Waals surface area contributed by atoms with Crippen LogP contribution in [-0.4, -0.2) is 37.5 Å². The Morgan fingerprint density at radius 3 is 2.70 bits per heavy atom. The lowest BCUT2D eigenvalue weighted by molar-refractivity contribution is -0.130. The van der Waals surface area contributed by atoms with Crippen molar-refractivity contribution in [2.75, 3.05) is 19.0 Å². The molecule has 9 heteroatoms. The Labute approximate surface area is 173 Å². The second-order valence-corrected chi connectivity index (χ2v) is 6.51. The van der Waals surface area contributed by atoms with Gasteiger partial charge in [-0.2, -0.15) is 0 Å². The van der Waals surface area contributed by atoms with Crippen LogP contribution in [0.5, 0.6) is 17.2 Å². The predicted octanol–water partition coefficient (Wildman–Crippen LogP) is 2.03. The molecule has 0 unspecified atom stereocenters. The van der Waals surface area contributed by atoms with Crippen molar-refractivity contribution in [3.8, 4) is 17.2 Å². The van der Waals surface area contributed by atoms with Gasteiger partial charge in [0.05, 0.1) is 25.8 Å². The molecule has 2 aromatic carbocycles. The van der Waals surface area contributed by atoms with Gasteiger partial charge < -0.3 is 19.5 Å². The molecule has 158 valence electrons. The summed E-state index contributed by atoms with van der Waals surface area (Å²) in [6.45, 7) is 2.51. The lowest BCUT2D eigenvalue weighted by atomic mass is 10.1. The molecule has 0 aliphatic carbocycles. The van der Waals surface area contributed by atoms with Gasteiger partial charge in [0.15, 0.2) is 17.6 Å². The van der Waals surface area contributed by atoms with E-state index >= 15 is 0 Å². The number of ether oxygens (including phenoxy) is 3. The van der Waals surface area contributed by atoms with Gasteiger partial charge in [-0.3, -0.25) is 25.2 Å². The minimum Gasteiger partial charge on any atom is -0.493 e. The summed E-state index contributed by atoms with van der Waals surface area (Å²) in [6, 6.07) is 11.6. The number of hydrogen-bond acceptors (Lipinski definition) is 6. The molecule has 0 fully saturated rings. The topological polar surface area (TPSA) is 115 Å². The van der Waals surface area contributed by atoms with Crippen LogP contribution >= 0.6 is 0 Å². The first-order valence-electron chi connectivity index (χ1n) is 9.48. The first-order valence-corrected chi connectivity index (χ1v) is 9.48. The Hall–Kier alpha value is -3.75. The number of para-hydroxylation sites is 2. The number of hydrazine groups is 1. The lowest BCUT2D eigenvalue weighted by Gasteiger charge is -2.25. The van der Waals surface area contributed by atoms with Crippen molar-refractivity contribution in [2.24, 2.45) is 0 Å². The van der Waals surface area contributed by atoms with Crippen LogP contribution in [0.4, 0.5) is 5.69 Å². The smallest absolute Gasteiger partial charge is 0.269 e. The molecule has 1 aliphatic rings. The van der Waals surface area contributed by atoms with Crippen LogP contribution in [0.25, 0.3) is 0 Å². The number of fused-ring (bicyclic) bond motifs is 1. The molecule has 1 atom stereocenters. The standard InChI is InChI=1S/C21H23N3O6/c1-3-10-29-16-9-8-13(11-17(16)28-2)20(26)24-23-19(25)12-18-21(27)22-14-6-4-5-7-15(14)30-18/h4-9,11,18H,3,10,12H2,1-2H3,(H,22,27)(H,23,25)(H,24,26)/t18-/m1/s1. The summed E-state index contributed by atoms with van der Waals surface area (Å²) < 4.78 is 16.4. The van der Waals surface area contributed by atoms with Crippen molar-refractivity contribution in [1.82, 2.24) is 10.9 Å². The number of nitrogens with one attached hydrogen (secondary N) is 3. The third-order valence-electron chi connectivity index (χ3n) is 4.28. The summed E-state index contributed by atoms with van der Waals surface area (Å²) in [6.07, 6.45) is -0.411. The maximum atomic E-state index is 12.3. The lowest BCUT2D eigenvalue weighted by Crippen LogP contribution is -2.46. The maximum absolute atomic E-state index is 12.3. The first kappa shape index (κ1) is 21.0. The Morgan fingerprint density at radius 2 is 1.93 bits per heavy atom. The van der Waals surface area contributed by atoms with Crippen LogP contribution < -0.4 is 30.4 Å². The molecule has 0 saturated heterocycles. The third kappa shape index (κ3) is 4.99. The number of amides is 3. The second kappa shape index (κ2) is 9.64. The average molecular weight is 413 g/mol. The van der Waals surface area contributed by atoms with Crippen LogP contribution in [0.3, 0.4) is 0 Å². The highest BCUT2D eigenvalue weighted by molar-refractivity contribution is 6.00. The van der Waals surface area contributed by atoms with Crippen molar-refractivity contribution in [1.29, 1.82) is 0 Å². The zero-order chi connectivity index (χ0) is 21.5. The van der Waals surface area contributed by atoms with Crippen LogP contribution in [0.2, 0.25) is 0 Å². The van der Waals surface area contributed by atoms with Crippen LogP contribution in [0.15, 0.2) is 42.5 Å². The number of hydrogen-bond donors (Lipinski definition) is 3. The molecule has 9 nitrogen and oxygen atoms in total. The van der Waals surface area contributed by atoms with E-state index in [9.17, 15) is 14.4 Å². The summed E-state index contributed by atoms with van der Waals surface area (Å²) in [5.74, 6) is -0.117. The van der Waals surface area contributed by atoms with Crippen LogP contribution in [-0.2, 0) is 9.59 Å². The minimum absolute atomic E-state index is 0.256. The van der Waals surface area contributed by atoms with Gasteiger partial charge in [0.1, 0.15) is 5.75 Å². The van der Waals surface area contributed by atoms with Crippen molar-refractivity contribution < 1.29 is 28.6 Å². The van der Waals surface area contributed by atoms with Gasteiger partial charge in [0.2, 0.25) is 5.91 Å². The molecule has 30 heavy (non-hydrogen) atoms. The Bertz CT molecular complexity index is 946. The van der Waals surface area contributed by atoms with E-state index < -0.39 is 23.8 Å². The highest BCUT2D eigenvalue weighted by atomic mass is 16.5. The molecular formula is C21H23N3O6. The Morgan fingerprint density at radius 1 is 1.13 bits per heavy atom.